The van der Waals surface area contributed by atoms with Gasteiger partial charge in [-0.2, -0.15) is 0 Å². The summed E-state index contributed by atoms with van der Waals surface area (Å²) in [5.41, 5.74) is 1.16. The molecular weight excluding hydrogens is 608 g/mol. The van der Waals surface area contributed by atoms with E-state index in [4.69, 9.17) is 52.1 Å². The number of methoxy groups -OCH3 is 2. The molecule has 0 radical (unpaired) electrons. The molecule has 0 heterocycles. The van der Waals surface area contributed by atoms with Crippen LogP contribution in [0.2, 0.25) is 0 Å². The van der Waals surface area contributed by atoms with E-state index >= 15 is 0 Å². The third-order valence-electron chi connectivity index (χ3n) is 6.93. The molecule has 0 saturated carbocycles. The third-order valence-corrected chi connectivity index (χ3v) is 6.93. The number of unbranched alkanes of at least 4 members (excludes halogenated alkanes) is 6. The van der Waals surface area contributed by atoms with Crippen molar-refractivity contribution in [3.05, 3.63) is 35.9 Å². The largest absolute Gasteiger partial charge is 0.382 e. The quantitative estimate of drug-likeness (QED) is 0.0871. The summed E-state index contributed by atoms with van der Waals surface area (Å²) in [5.74, 6) is 0. The van der Waals surface area contributed by atoms with Crippen molar-refractivity contribution in [1.82, 2.24) is 0 Å². The van der Waals surface area contributed by atoms with Crippen molar-refractivity contribution in [3.8, 4) is 0 Å². The highest BCUT2D eigenvalue weighted by Crippen LogP contribution is 2.07. The van der Waals surface area contributed by atoms with E-state index in [0.717, 1.165) is 76.8 Å². The van der Waals surface area contributed by atoms with Gasteiger partial charge in [0.1, 0.15) is 6.10 Å². The zero-order valence-corrected chi connectivity index (χ0v) is 29.5. The Balaban J connectivity index is 2.01. The summed E-state index contributed by atoms with van der Waals surface area (Å²) in [6, 6.07) is 10.2. The fraction of sp³-hybridized carbons (Fsp3) is 0.833. The number of hydrogen-bond donors (Lipinski definition) is 0. The highest BCUT2D eigenvalue weighted by atomic mass is 16.6. The fourth-order valence-electron chi connectivity index (χ4n) is 4.28. The van der Waals surface area contributed by atoms with E-state index in [1.54, 1.807) is 14.2 Å². The summed E-state index contributed by atoms with van der Waals surface area (Å²) in [7, 11) is 3.33. The topological polar surface area (TPSA) is 102 Å². The van der Waals surface area contributed by atoms with Crippen LogP contribution in [0.4, 0.5) is 0 Å². The van der Waals surface area contributed by atoms with E-state index < -0.39 is 0 Å². The second kappa shape index (κ2) is 37.6. The van der Waals surface area contributed by atoms with E-state index in [1.807, 2.05) is 18.2 Å². The minimum Gasteiger partial charge on any atom is -0.382 e. The van der Waals surface area contributed by atoms with Crippen LogP contribution in [0.15, 0.2) is 30.3 Å². The third kappa shape index (κ3) is 33.1. The lowest BCUT2D eigenvalue weighted by atomic mass is 10.2. The minimum atomic E-state index is -0.0695. The first kappa shape index (κ1) is 43.8. The van der Waals surface area contributed by atoms with Crippen LogP contribution in [0.3, 0.4) is 0 Å². The number of hydrogen-bond acceptors (Lipinski definition) is 11. The van der Waals surface area contributed by atoms with Gasteiger partial charge in [0.15, 0.2) is 0 Å². The highest BCUT2D eigenvalue weighted by Gasteiger charge is 2.10. The molecule has 47 heavy (non-hydrogen) atoms. The van der Waals surface area contributed by atoms with Crippen molar-refractivity contribution < 1.29 is 52.1 Å². The Kier molecular flexibility index (Phi) is 35.0. The van der Waals surface area contributed by atoms with Crippen LogP contribution in [0.25, 0.3) is 0 Å². The highest BCUT2D eigenvalue weighted by molar-refractivity contribution is 5.13. The molecular formula is C36H66O11. The maximum atomic E-state index is 6.17. The molecule has 0 aromatic heterocycles. The van der Waals surface area contributed by atoms with Crippen LogP contribution < -0.4 is 0 Å². The zero-order chi connectivity index (χ0) is 33.6. The molecule has 1 unspecified atom stereocenters. The molecule has 0 saturated heterocycles. The van der Waals surface area contributed by atoms with Gasteiger partial charge in [-0.3, -0.25) is 0 Å². The fourth-order valence-corrected chi connectivity index (χ4v) is 4.28. The van der Waals surface area contributed by atoms with E-state index in [9.17, 15) is 0 Å². The molecule has 1 aromatic carbocycles. The van der Waals surface area contributed by atoms with E-state index in [-0.39, 0.29) is 6.10 Å². The summed E-state index contributed by atoms with van der Waals surface area (Å²) in [5, 5.41) is 0. The Bertz CT molecular complexity index is 713. The Hall–Kier alpha value is -1.22. The van der Waals surface area contributed by atoms with Crippen LogP contribution in [-0.2, 0) is 58.7 Å². The first-order valence-electron chi connectivity index (χ1n) is 17.6. The van der Waals surface area contributed by atoms with Crippen molar-refractivity contribution >= 4 is 0 Å². The molecule has 1 aromatic rings. The summed E-state index contributed by atoms with van der Waals surface area (Å²) >= 11 is 0. The van der Waals surface area contributed by atoms with Gasteiger partial charge >= 0.3 is 0 Å². The van der Waals surface area contributed by atoms with E-state index in [0.29, 0.717) is 106 Å². The second-order valence-electron chi connectivity index (χ2n) is 11.1. The average molecular weight is 675 g/mol. The van der Waals surface area contributed by atoms with Crippen LogP contribution in [0.5, 0.6) is 0 Å². The lowest BCUT2D eigenvalue weighted by Crippen LogP contribution is -2.26. The Labute approximate surface area is 285 Å². The Morgan fingerprint density at radius 1 is 0.383 bits per heavy atom. The molecule has 0 aliphatic heterocycles. The normalized spacial score (nSPS) is 12.2. The molecule has 11 nitrogen and oxygen atoms in total. The standard InChI is InChI=1S/C36H66O11/c1-37-20-22-41-28-30-43-26-24-39-16-10-3-4-12-18-45-33-36(34-46-32-35-14-8-7-9-15-35)47-19-13-6-5-11-17-40-25-27-44-31-29-42-23-21-38-2/h7-9,14-15,36H,3-6,10-13,16-34H2,1-2H3. The molecule has 0 bridgehead atoms. The van der Waals surface area contributed by atoms with Crippen LogP contribution >= 0.6 is 0 Å². The summed E-state index contributed by atoms with van der Waals surface area (Å²) in [4.78, 5) is 0. The maximum absolute atomic E-state index is 6.17. The molecule has 0 N–H and O–H groups in total. The van der Waals surface area contributed by atoms with Gasteiger partial charge < -0.3 is 52.1 Å². The minimum absolute atomic E-state index is 0.0695. The smallest absolute Gasteiger partial charge is 0.104 e. The summed E-state index contributed by atoms with van der Waals surface area (Å²) < 4.78 is 61.0. The van der Waals surface area contributed by atoms with Crippen molar-refractivity contribution in [3.63, 3.8) is 0 Å². The molecule has 0 spiro atoms. The zero-order valence-electron chi connectivity index (χ0n) is 29.5. The van der Waals surface area contributed by atoms with E-state index in [1.165, 1.54) is 0 Å². The number of rotatable bonds is 39. The van der Waals surface area contributed by atoms with Gasteiger partial charge in [-0.15, -0.1) is 0 Å². The first-order valence-corrected chi connectivity index (χ1v) is 17.6. The molecule has 0 amide bonds. The first-order chi connectivity index (χ1) is 23.4. The SMILES string of the molecule is COCCOCCOCCOCCCCCCOCC(COCc1ccccc1)OCCCCCCOCCOCCOCCOC. The van der Waals surface area contributed by atoms with Crippen molar-refractivity contribution in [2.24, 2.45) is 0 Å². The monoisotopic (exact) mass is 674 g/mol. The predicted octanol–water partition coefficient (Wildman–Crippen LogP) is 5.12. The maximum Gasteiger partial charge on any atom is 0.104 e. The summed E-state index contributed by atoms with van der Waals surface area (Å²) in [6.07, 6.45) is 8.54. The second-order valence-corrected chi connectivity index (χ2v) is 11.1. The number of ether oxygens (including phenoxy) is 11. The van der Waals surface area contributed by atoms with Crippen molar-refractivity contribution in [1.29, 1.82) is 0 Å². The van der Waals surface area contributed by atoms with Crippen LogP contribution in [0.1, 0.15) is 56.9 Å². The lowest BCUT2D eigenvalue weighted by molar-refractivity contribution is -0.0645. The lowest BCUT2D eigenvalue weighted by Gasteiger charge is -2.18. The predicted molar refractivity (Wildman–Crippen MR) is 182 cm³/mol. The van der Waals surface area contributed by atoms with Crippen LogP contribution in [-0.4, -0.2) is 139 Å². The number of benzene rings is 1. The summed E-state index contributed by atoms with van der Waals surface area (Å²) in [6.45, 7) is 11.8. The molecule has 0 fully saturated rings. The molecule has 1 atom stereocenters. The van der Waals surface area contributed by atoms with Crippen molar-refractivity contribution in [2.45, 2.75) is 64.1 Å². The van der Waals surface area contributed by atoms with Gasteiger partial charge in [-0.25, -0.2) is 0 Å². The Morgan fingerprint density at radius 2 is 0.766 bits per heavy atom. The average Bonchev–Trinajstić information content (AvgIpc) is 3.09. The molecule has 0 aliphatic rings. The van der Waals surface area contributed by atoms with Gasteiger partial charge in [-0.1, -0.05) is 56.0 Å². The molecule has 276 valence electrons. The molecule has 1 rings (SSSR count). The molecule has 11 heteroatoms. The van der Waals surface area contributed by atoms with Gasteiger partial charge in [0.05, 0.1) is 99.1 Å². The van der Waals surface area contributed by atoms with Gasteiger partial charge in [0, 0.05) is 40.6 Å². The van der Waals surface area contributed by atoms with E-state index in [2.05, 4.69) is 12.1 Å². The van der Waals surface area contributed by atoms with Crippen LogP contribution in [0, 0.1) is 0 Å². The Morgan fingerprint density at radius 3 is 1.23 bits per heavy atom. The molecule has 0 aliphatic carbocycles. The van der Waals surface area contributed by atoms with Gasteiger partial charge in [0.25, 0.3) is 0 Å². The van der Waals surface area contributed by atoms with Gasteiger partial charge in [-0.05, 0) is 31.2 Å². The van der Waals surface area contributed by atoms with Crippen molar-refractivity contribution in [2.75, 3.05) is 133 Å². The van der Waals surface area contributed by atoms with Gasteiger partial charge in [0.2, 0.25) is 0 Å².